The molecule has 0 fully saturated rings. The molecule has 0 spiro atoms. The maximum atomic E-state index is 12.0. The van der Waals surface area contributed by atoms with E-state index in [0.29, 0.717) is 23.2 Å². The molecule has 5 nitrogen and oxygen atoms in total. The first-order valence-corrected chi connectivity index (χ1v) is 6.27. The fraction of sp³-hybridized carbons (Fsp3) is 0.0625. The molecule has 3 N–H and O–H groups in total. The van der Waals surface area contributed by atoms with Crippen LogP contribution in [0.2, 0.25) is 0 Å². The van der Waals surface area contributed by atoms with Crippen LogP contribution in [0.1, 0.15) is 26.3 Å². The highest BCUT2D eigenvalue weighted by Crippen LogP contribution is 2.12. The molecular formula is C16H13N3O2. The fourth-order valence-electron chi connectivity index (χ4n) is 1.79. The number of rotatable bonds is 4. The third kappa shape index (κ3) is 3.67. The minimum Gasteiger partial charge on any atom is -0.366 e. The molecule has 0 atom stereocenters. The van der Waals surface area contributed by atoms with Crippen molar-refractivity contribution in [3.8, 4) is 6.07 Å². The Labute approximate surface area is 122 Å². The molecule has 0 aliphatic heterocycles. The zero-order valence-electron chi connectivity index (χ0n) is 11.2. The minimum absolute atomic E-state index is 0.259. The van der Waals surface area contributed by atoms with Gasteiger partial charge >= 0.3 is 0 Å². The third-order valence-corrected chi connectivity index (χ3v) is 2.93. The summed E-state index contributed by atoms with van der Waals surface area (Å²) in [6.45, 7) is 0. The second-order valence-corrected chi connectivity index (χ2v) is 4.43. The van der Waals surface area contributed by atoms with E-state index in [-0.39, 0.29) is 5.91 Å². The molecule has 0 aliphatic carbocycles. The Morgan fingerprint density at radius 2 is 1.57 bits per heavy atom. The monoisotopic (exact) mass is 279 g/mol. The highest BCUT2D eigenvalue weighted by atomic mass is 16.2. The van der Waals surface area contributed by atoms with Gasteiger partial charge in [-0.2, -0.15) is 5.26 Å². The van der Waals surface area contributed by atoms with Crippen LogP contribution in [0.25, 0.3) is 0 Å². The van der Waals surface area contributed by atoms with Crippen molar-refractivity contribution in [2.75, 3.05) is 5.32 Å². The Hall–Kier alpha value is -3.13. The average Bonchev–Trinajstić information content (AvgIpc) is 2.49. The zero-order valence-corrected chi connectivity index (χ0v) is 11.2. The number of primary amides is 1. The van der Waals surface area contributed by atoms with Gasteiger partial charge in [-0.05, 0) is 42.0 Å². The topological polar surface area (TPSA) is 96.0 Å². The summed E-state index contributed by atoms with van der Waals surface area (Å²) in [5.41, 5.74) is 7.46. The zero-order chi connectivity index (χ0) is 15.2. The molecule has 104 valence electrons. The van der Waals surface area contributed by atoms with Crippen LogP contribution in [0, 0.1) is 11.3 Å². The van der Waals surface area contributed by atoms with Crippen LogP contribution in [0.15, 0.2) is 48.5 Å². The standard InChI is InChI=1S/C16H13N3O2/c17-10-9-11-1-3-13(4-2-11)16(21)19-14-7-5-12(6-8-14)15(18)20/h1-8H,9H2,(H2,18,20)(H,19,21). The van der Waals surface area contributed by atoms with Gasteiger partial charge in [-0.25, -0.2) is 0 Å². The van der Waals surface area contributed by atoms with Gasteiger partial charge in [0.05, 0.1) is 12.5 Å². The summed E-state index contributed by atoms with van der Waals surface area (Å²) in [5, 5.41) is 11.3. The summed E-state index contributed by atoms with van der Waals surface area (Å²) in [5.74, 6) is -0.772. The van der Waals surface area contributed by atoms with Crippen molar-refractivity contribution in [1.29, 1.82) is 5.26 Å². The molecule has 2 aromatic rings. The number of hydrogen-bond acceptors (Lipinski definition) is 3. The summed E-state index contributed by atoms with van der Waals surface area (Å²) in [7, 11) is 0. The highest BCUT2D eigenvalue weighted by molar-refractivity contribution is 6.04. The summed E-state index contributed by atoms with van der Waals surface area (Å²) in [6.07, 6.45) is 0.316. The first kappa shape index (κ1) is 14.3. The lowest BCUT2D eigenvalue weighted by atomic mass is 10.1. The molecular weight excluding hydrogens is 266 g/mol. The maximum Gasteiger partial charge on any atom is 0.255 e. The van der Waals surface area contributed by atoms with Crippen molar-refractivity contribution in [3.63, 3.8) is 0 Å². The number of nitrogens with two attached hydrogens (primary N) is 1. The first-order chi connectivity index (χ1) is 10.1. The van der Waals surface area contributed by atoms with E-state index < -0.39 is 5.91 Å². The molecule has 0 heterocycles. The number of anilines is 1. The van der Waals surface area contributed by atoms with Gasteiger partial charge in [-0.3, -0.25) is 9.59 Å². The molecule has 0 aliphatic rings. The van der Waals surface area contributed by atoms with Gasteiger partial charge in [0.1, 0.15) is 0 Å². The molecule has 2 amide bonds. The Kier molecular flexibility index (Phi) is 4.32. The van der Waals surface area contributed by atoms with Gasteiger partial charge in [-0.15, -0.1) is 0 Å². The Bertz CT molecular complexity index is 698. The van der Waals surface area contributed by atoms with Crippen molar-refractivity contribution in [2.45, 2.75) is 6.42 Å². The molecule has 0 saturated carbocycles. The van der Waals surface area contributed by atoms with Gasteiger partial charge in [0, 0.05) is 16.8 Å². The Morgan fingerprint density at radius 1 is 1.00 bits per heavy atom. The lowest BCUT2D eigenvalue weighted by molar-refractivity contribution is 0.0998. The normalized spacial score (nSPS) is 9.67. The van der Waals surface area contributed by atoms with Crippen LogP contribution >= 0.6 is 0 Å². The second kappa shape index (κ2) is 6.35. The Balaban J connectivity index is 2.07. The van der Waals surface area contributed by atoms with Crippen molar-refractivity contribution in [1.82, 2.24) is 0 Å². The summed E-state index contributed by atoms with van der Waals surface area (Å²) in [6, 6.07) is 15.2. The number of hydrogen-bond donors (Lipinski definition) is 2. The number of nitrogens with one attached hydrogen (secondary N) is 1. The third-order valence-electron chi connectivity index (χ3n) is 2.93. The van der Waals surface area contributed by atoms with Crippen LogP contribution in [-0.4, -0.2) is 11.8 Å². The van der Waals surface area contributed by atoms with E-state index in [0.717, 1.165) is 5.56 Å². The predicted molar refractivity (Wildman–Crippen MR) is 78.7 cm³/mol. The number of benzene rings is 2. The van der Waals surface area contributed by atoms with Crippen LogP contribution in [0.5, 0.6) is 0 Å². The van der Waals surface area contributed by atoms with Gasteiger partial charge in [-0.1, -0.05) is 12.1 Å². The van der Waals surface area contributed by atoms with Gasteiger partial charge in [0.2, 0.25) is 5.91 Å². The molecule has 0 aromatic heterocycles. The number of nitrogens with zero attached hydrogens (tertiary/aromatic N) is 1. The molecule has 0 radical (unpaired) electrons. The van der Waals surface area contributed by atoms with E-state index in [1.165, 1.54) is 0 Å². The molecule has 21 heavy (non-hydrogen) atoms. The van der Waals surface area contributed by atoms with E-state index in [1.54, 1.807) is 48.5 Å². The predicted octanol–water partition coefficient (Wildman–Crippen LogP) is 2.10. The summed E-state index contributed by atoms with van der Waals surface area (Å²) in [4.78, 5) is 23.0. The van der Waals surface area contributed by atoms with Crippen molar-refractivity contribution in [2.24, 2.45) is 5.73 Å². The van der Waals surface area contributed by atoms with Crippen LogP contribution in [-0.2, 0) is 6.42 Å². The highest BCUT2D eigenvalue weighted by Gasteiger charge is 2.07. The molecule has 0 bridgehead atoms. The summed E-state index contributed by atoms with van der Waals surface area (Å²) >= 11 is 0. The lowest BCUT2D eigenvalue weighted by Crippen LogP contribution is -2.13. The molecule has 0 unspecified atom stereocenters. The van der Waals surface area contributed by atoms with Crippen molar-refractivity contribution >= 4 is 17.5 Å². The number of nitriles is 1. The first-order valence-electron chi connectivity index (χ1n) is 6.27. The van der Waals surface area contributed by atoms with Crippen molar-refractivity contribution in [3.05, 3.63) is 65.2 Å². The number of amides is 2. The SMILES string of the molecule is N#CCc1ccc(C(=O)Nc2ccc(C(N)=O)cc2)cc1. The van der Waals surface area contributed by atoms with E-state index in [4.69, 9.17) is 11.0 Å². The summed E-state index contributed by atoms with van der Waals surface area (Å²) < 4.78 is 0. The quantitative estimate of drug-likeness (QED) is 0.897. The van der Waals surface area contributed by atoms with Crippen LogP contribution in [0.4, 0.5) is 5.69 Å². The smallest absolute Gasteiger partial charge is 0.255 e. The molecule has 2 rings (SSSR count). The van der Waals surface area contributed by atoms with Gasteiger partial charge in [0.25, 0.3) is 5.91 Å². The molecule has 0 saturated heterocycles. The number of carbonyl (C=O) groups is 2. The largest absolute Gasteiger partial charge is 0.366 e. The van der Waals surface area contributed by atoms with E-state index in [1.807, 2.05) is 6.07 Å². The maximum absolute atomic E-state index is 12.0. The minimum atomic E-state index is -0.513. The van der Waals surface area contributed by atoms with Gasteiger partial charge < -0.3 is 11.1 Å². The van der Waals surface area contributed by atoms with Crippen LogP contribution < -0.4 is 11.1 Å². The fourth-order valence-corrected chi connectivity index (χ4v) is 1.79. The van der Waals surface area contributed by atoms with Crippen molar-refractivity contribution < 1.29 is 9.59 Å². The average molecular weight is 279 g/mol. The van der Waals surface area contributed by atoms with E-state index in [2.05, 4.69) is 5.32 Å². The molecule has 2 aromatic carbocycles. The van der Waals surface area contributed by atoms with Crippen LogP contribution in [0.3, 0.4) is 0 Å². The Morgan fingerprint density at radius 3 is 2.10 bits per heavy atom. The van der Waals surface area contributed by atoms with Gasteiger partial charge in [0.15, 0.2) is 0 Å². The van der Waals surface area contributed by atoms with E-state index >= 15 is 0 Å². The molecule has 5 heteroatoms. The number of carbonyl (C=O) groups excluding carboxylic acids is 2. The van der Waals surface area contributed by atoms with E-state index in [9.17, 15) is 9.59 Å². The second-order valence-electron chi connectivity index (χ2n) is 4.43. The lowest BCUT2D eigenvalue weighted by Gasteiger charge is -2.06.